The predicted octanol–water partition coefficient (Wildman–Crippen LogP) is 4.32. The first kappa shape index (κ1) is 25.5. The number of nitrogens with zero attached hydrogens (tertiary/aromatic N) is 1. The molecule has 5 nitrogen and oxygen atoms in total. The van der Waals surface area contributed by atoms with Crippen molar-refractivity contribution in [3.63, 3.8) is 0 Å². The second-order valence-electron chi connectivity index (χ2n) is 10.9. The smallest absolute Gasteiger partial charge is 0.410 e. The summed E-state index contributed by atoms with van der Waals surface area (Å²) in [6.45, 7) is 13.1. The van der Waals surface area contributed by atoms with E-state index in [0.29, 0.717) is 13.0 Å². The van der Waals surface area contributed by atoms with E-state index in [1.165, 1.54) is 10.4 Å². The van der Waals surface area contributed by atoms with E-state index in [9.17, 15) is 9.90 Å². The molecule has 1 saturated heterocycles. The highest BCUT2D eigenvalue weighted by molar-refractivity contribution is 6.99. The molecule has 0 unspecified atom stereocenters. The predicted molar refractivity (Wildman–Crippen MR) is 136 cm³/mol. The van der Waals surface area contributed by atoms with Gasteiger partial charge in [0, 0.05) is 6.54 Å². The van der Waals surface area contributed by atoms with Crippen molar-refractivity contribution < 1.29 is 19.1 Å². The number of rotatable bonds is 5. The minimum absolute atomic E-state index is 0.175. The van der Waals surface area contributed by atoms with Gasteiger partial charge in [-0.15, -0.1) is 0 Å². The lowest BCUT2D eigenvalue weighted by molar-refractivity contribution is -0.0352. The topological polar surface area (TPSA) is 59.0 Å². The van der Waals surface area contributed by atoms with Crippen molar-refractivity contribution in [3.05, 3.63) is 60.7 Å². The van der Waals surface area contributed by atoms with E-state index >= 15 is 0 Å². The maximum Gasteiger partial charge on any atom is 0.410 e. The van der Waals surface area contributed by atoms with Crippen LogP contribution < -0.4 is 10.4 Å². The number of ether oxygens (including phenoxy) is 1. The fourth-order valence-electron chi connectivity index (χ4n) is 4.76. The van der Waals surface area contributed by atoms with Crippen LogP contribution in [0.15, 0.2) is 60.7 Å². The third-order valence-corrected chi connectivity index (χ3v) is 11.3. The standard InChI is InChI=1S/C27H39NO4Si/c1-26(2,3)32-25(30)28-19-13-18-24(29)23(28)20-31-33(27(4,5)6,21-14-9-7-10-15-21)22-16-11-8-12-17-22/h7-12,14-17,23-24,29H,13,18-20H2,1-6H3/t23-,24-/m0/s1. The maximum absolute atomic E-state index is 13.0. The van der Waals surface area contributed by atoms with Crippen molar-refractivity contribution in [2.24, 2.45) is 0 Å². The maximum atomic E-state index is 13.0. The Hall–Kier alpha value is -2.15. The molecule has 1 aliphatic heterocycles. The Labute approximate surface area is 199 Å². The van der Waals surface area contributed by atoms with Gasteiger partial charge in [0.1, 0.15) is 5.60 Å². The highest BCUT2D eigenvalue weighted by Crippen LogP contribution is 2.37. The second-order valence-corrected chi connectivity index (χ2v) is 15.2. The van der Waals surface area contributed by atoms with E-state index in [-0.39, 0.29) is 11.6 Å². The Morgan fingerprint density at radius 3 is 1.94 bits per heavy atom. The Morgan fingerprint density at radius 2 is 1.48 bits per heavy atom. The summed E-state index contributed by atoms with van der Waals surface area (Å²) < 4.78 is 12.7. The van der Waals surface area contributed by atoms with E-state index in [1.807, 2.05) is 32.9 Å². The number of piperidine rings is 1. The van der Waals surface area contributed by atoms with E-state index in [4.69, 9.17) is 9.16 Å². The van der Waals surface area contributed by atoms with Crippen LogP contribution in [-0.2, 0) is 9.16 Å². The van der Waals surface area contributed by atoms with Crippen LogP contribution in [0.25, 0.3) is 0 Å². The molecule has 0 bridgehead atoms. The summed E-state index contributed by atoms with van der Waals surface area (Å²) in [4.78, 5) is 14.6. The zero-order valence-corrected chi connectivity index (χ0v) is 21.9. The highest BCUT2D eigenvalue weighted by atomic mass is 28.4. The first-order chi connectivity index (χ1) is 15.5. The fraction of sp³-hybridized carbons (Fsp3) is 0.519. The normalized spacial score (nSPS) is 19.9. The van der Waals surface area contributed by atoms with Crippen LogP contribution in [0.5, 0.6) is 0 Å². The molecule has 1 amide bonds. The van der Waals surface area contributed by atoms with Crippen molar-refractivity contribution in [2.45, 2.75) is 77.2 Å². The summed E-state index contributed by atoms with van der Waals surface area (Å²) >= 11 is 0. The van der Waals surface area contributed by atoms with E-state index < -0.39 is 32.2 Å². The second kappa shape index (κ2) is 10.00. The monoisotopic (exact) mass is 469 g/mol. The Balaban J connectivity index is 2.00. The zero-order chi connectivity index (χ0) is 24.3. The van der Waals surface area contributed by atoms with Gasteiger partial charge in [-0.1, -0.05) is 81.4 Å². The van der Waals surface area contributed by atoms with Gasteiger partial charge in [-0.3, -0.25) is 0 Å². The number of carbonyl (C=O) groups excluding carboxylic acids is 1. The molecular formula is C27H39NO4Si. The minimum atomic E-state index is -2.76. The summed E-state index contributed by atoms with van der Waals surface area (Å²) in [5.41, 5.74) is -0.594. The van der Waals surface area contributed by atoms with E-state index in [2.05, 4.69) is 69.3 Å². The van der Waals surface area contributed by atoms with Gasteiger partial charge < -0.3 is 19.2 Å². The molecular weight excluding hydrogens is 430 g/mol. The SMILES string of the molecule is CC(C)(C)OC(=O)N1CCC[C@H](O)[C@@H]1CO[Si](c1ccccc1)(c1ccccc1)C(C)(C)C. The molecule has 2 aromatic carbocycles. The lowest BCUT2D eigenvalue weighted by Gasteiger charge is -2.46. The molecule has 2 aromatic rings. The molecule has 0 spiro atoms. The van der Waals surface area contributed by atoms with Gasteiger partial charge in [0.2, 0.25) is 0 Å². The van der Waals surface area contributed by atoms with Crippen LogP contribution in [0.4, 0.5) is 4.79 Å². The van der Waals surface area contributed by atoms with Crippen molar-refractivity contribution in [2.75, 3.05) is 13.2 Å². The van der Waals surface area contributed by atoms with Gasteiger partial charge >= 0.3 is 6.09 Å². The number of amides is 1. The van der Waals surface area contributed by atoms with Gasteiger partial charge in [0.15, 0.2) is 0 Å². The van der Waals surface area contributed by atoms with Gasteiger partial charge in [-0.2, -0.15) is 0 Å². The molecule has 0 aromatic heterocycles. The molecule has 0 saturated carbocycles. The van der Waals surface area contributed by atoms with E-state index in [0.717, 1.165) is 6.42 Å². The van der Waals surface area contributed by atoms with Crippen LogP contribution in [0.3, 0.4) is 0 Å². The number of carbonyl (C=O) groups is 1. The molecule has 1 N–H and O–H groups in total. The summed E-state index contributed by atoms with van der Waals surface area (Å²) in [6, 6.07) is 20.4. The van der Waals surface area contributed by atoms with Crippen LogP contribution in [0.1, 0.15) is 54.4 Å². The third-order valence-electron chi connectivity index (χ3n) is 6.26. The number of likely N-dealkylation sites (tertiary alicyclic amines) is 1. The van der Waals surface area contributed by atoms with Crippen molar-refractivity contribution in [1.29, 1.82) is 0 Å². The number of hydrogen-bond acceptors (Lipinski definition) is 4. The molecule has 1 heterocycles. The number of benzene rings is 2. The average molecular weight is 470 g/mol. The fourth-order valence-corrected chi connectivity index (χ4v) is 9.33. The summed E-state index contributed by atoms with van der Waals surface area (Å²) in [5, 5.41) is 13.1. The number of hydrogen-bond donors (Lipinski definition) is 1. The molecule has 0 aliphatic carbocycles. The molecule has 0 radical (unpaired) electrons. The van der Waals surface area contributed by atoms with Crippen LogP contribution >= 0.6 is 0 Å². The molecule has 33 heavy (non-hydrogen) atoms. The van der Waals surface area contributed by atoms with Crippen LogP contribution in [0, 0.1) is 0 Å². The number of aliphatic hydroxyl groups excluding tert-OH is 1. The first-order valence-electron chi connectivity index (χ1n) is 11.9. The Kier molecular flexibility index (Phi) is 7.71. The molecule has 2 atom stereocenters. The third kappa shape index (κ3) is 5.68. The summed E-state index contributed by atoms with van der Waals surface area (Å²) in [6.07, 6.45) is 0.353. The van der Waals surface area contributed by atoms with Gasteiger partial charge in [0.25, 0.3) is 8.32 Å². The number of aliphatic hydroxyl groups is 1. The lowest BCUT2D eigenvalue weighted by atomic mass is 10.00. The lowest BCUT2D eigenvalue weighted by Crippen LogP contribution is -2.68. The molecule has 1 fully saturated rings. The molecule has 6 heteroatoms. The quantitative estimate of drug-likeness (QED) is 0.663. The van der Waals surface area contributed by atoms with Gasteiger partial charge in [-0.25, -0.2) is 4.79 Å². The van der Waals surface area contributed by atoms with Crippen molar-refractivity contribution >= 4 is 24.8 Å². The Morgan fingerprint density at radius 1 is 0.970 bits per heavy atom. The average Bonchev–Trinajstić information content (AvgIpc) is 2.74. The van der Waals surface area contributed by atoms with Crippen LogP contribution in [0.2, 0.25) is 5.04 Å². The highest BCUT2D eigenvalue weighted by Gasteiger charge is 2.51. The van der Waals surface area contributed by atoms with Crippen molar-refractivity contribution in [1.82, 2.24) is 4.90 Å². The minimum Gasteiger partial charge on any atom is -0.444 e. The van der Waals surface area contributed by atoms with Crippen LogP contribution in [-0.4, -0.2) is 55.3 Å². The molecule has 3 rings (SSSR count). The van der Waals surface area contributed by atoms with Crippen molar-refractivity contribution in [3.8, 4) is 0 Å². The Bertz CT molecular complexity index is 866. The summed E-state index contributed by atoms with van der Waals surface area (Å²) in [7, 11) is -2.76. The summed E-state index contributed by atoms with van der Waals surface area (Å²) in [5.74, 6) is 0. The van der Waals surface area contributed by atoms with E-state index in [1.54, 1.807) is 4.90 Å². The largest absolute Gasteiger partial charge is 0.444 e. The molecule has 1 aliphatic rings. The molecule has 180 valence electrons. The van der Waals surface area contributed by atoms with Gasteiger partial charge in [-0.05, 0) is 49.0 Å². The zero-order valence-electron chi connectivity index (χ0n) is 20.9. The van der Waals surface area contributed by atoms with Gasteiger partial charge in [0.05, 0.1) is 18.8 Å². The first-order valence-corrected chi connectivity index (χ1v) is 13.8.